The van der Waals surface area contributed by atoms with Crippen LogP contribution in [0.4, 0.5) is 0 Å². The first-order valence-corrected chi connectivity index (χ1v) is 10.7. The lowest BCUT2D eigenvalue weighted by atomic mass is 10.2. The fourth-order valence-electron chi connectivity index (χ4n) is 3.44. The summed E-state index contributed by atoms with van der Waals surface area (Å²) in [6.45, 7) is 8.42. The molecule has 1 aliphatic heterocycles. The van der Waals surface area contributed by atoms with Gasteiger partial charge in [-0.05, 0) is 57.3 Å². The molecule has 1 aliphatic rings. The molecule has 0 aliphatic carbocycles. The molecule has 0 radical (unpaired) electrons. The number of aromatic nitrogens is 2. The molecule has 0 atom stereocenters. The fraction of sp³-hybridized carbons (Fsp3) is 0.333. The van der Waals surface area contributed by atoms with Crippen molar-refractivity contribution in [3.8, 4) is 23.1 Å². The number of para-hydroxylation sites is 1. The molecule has 7 heteroatoms. The lowest BCUT2D eigenvalue weighted by molar-refractivity contribution is 0.159. The fourth-order valence-corrected chi connectivity index (χ4v) is 3.44. The van der Waals surface area contributed by atoms with Crippen LogP contribution in [-0.4, -0.2) is 65.7 Å². The molecule has 0 amide bonds. The van der Waals surface area contributed by atoms with E-state index in [2.05, 4.69) is 17.0 Å². The Morgan fingerprint density at radius 2 is 1.65 bits per heavy atom. The Balaban J connectivity index is 1.66. The number of hydrazone groups is 1. The highest BCUT2D eigenvalue weighted by atomic mass is 16.5. The Hall–Kier alpha value is -3.32. The van der Waals surface area contributed by atoms with Crippen molar-refractivity contribution in [3.05, 3.63) is 65.9 Å². The van der Waals surface area contributed by atoms with E-state index in [-0.39, 0.29) is 0 Å². The maximum absolute atomic E-state index is 6.33. The van der Waals surface area contributed by atoms with E-state index in [4.69, 9.17) is 19.7 Å². The second-order valence-corrected chi connectivity index (χ2v) is 7.56. The Kier molecular flexibility index (Phi) is 6.52. The molecule has 3 aromatic rings. The van der Waals surface area contributed by atoms with Gasteiger partial charge in [-0.3, -0.25) is 5.01 Å². The van der Waals surface area contributed by atoms with Crippen molar-refractivity contribution in [2.24, 2.45) is 5.10 Å². The van der Waals surface area contributed by atoms with Gasteiger partial charge in [0.05, 0.1) is 29.8 Å². The predicted octanol–water partition coefficient (Wildman–Crippen LogP) is 3.95. The number of piperazine rings is 1. The summed E-state index contributed by atoms with van der Waals surface area (Å²) in [7, 11) is 2.14. The van der Waals surface area contributed by atoms with Gasteiger partial charge in [0.25, 0.3) is 0 Å². The molecule has 0 N–H and O–H groups in total. The zero-order valence-electron chi connectivity index (χ0n) is 18.4. The minimum Gasteiger partial charge on any atom is -0.494 e. The number of benzene rings is 2. The standard InChI is InChI=1S/C24H29N5O2/c1-4-30-21-10-12-22(13-11-21)31-24-23(18-25-28-16-14-27(3)15-17-28)19(2)26-29(24)20-8-6-5-7-9-20/h5-13,18H,4,14-17H2,1-3H3/b25-18+. The Labute approximate surface area is 183 Å². The highest BCUT2D eigenvalue weighted by molar-refractivity contribution is 5.84. The van der Waals surface area contributed by atoms with Crippen molar-refractivity contribution in [1.82, 2.24) is 19.7 Å². The van der Waals surface area contributed by atoms with Gasteiger partial charge in [-0.1, -0.05) is 18.2 Å². The van der Waals surface area contributed by atoms with Crippen LogP contribution < -0.4 is 9.47 Å². The molecule has 2 aromatic carbocycles. The number of rotatable bonds is 7. The zero-order chi connectivity index (χ0) is 21.6. The van der Waals surface area contributed by atoms with Gasteiger partial charge >= 0.3 is 0 Å². The minimum atomic E-state index is 0.632. The average Bonchev–Trinajstić information content (AvgIpc) is 3.10. The number of ether oxygens (including phenoxy) is 2. The highest BCUT2D eigenvalue weighted by Crippen LogP contribution is 2.30. The minimum absolute atomic E-state index is 0.632. The summed E-state index contributed by atoms with van der Waals surface area (Å²) in [6.07, 6.45) is 1.87. The Morgan fingerprint density at radius 3 is 2.32 bits per heavy atom. The number of hydrogen-bond acceptors (Lipinski definition) is 6. The van der Waals surface area contributed by atoms with Crippen LogP contribution in [0.2, 0.25) is 0 Å². The molecule has 7 nitrogen and oxygen atoms in total. The smallest absolute Gasteiger partial charge is 0.231 e. The summed E-state index contributed by atoms with van der Waals surface area (Å²) in [5, 5.41) is 11.6. The number of aryl methyl sites for hydroxylation is 1. The van der Waals surface area contributed by atoms with Crippen LogP contribution in [0.5, 0.6) is 17.4 Å². The van der Waals surface area contributed by atoms with Gasteiger partial charge in [0.15, 0.2) is 0 Å². The SMILES string of the molecule is CCOc1ccc(Oc2c(/C=N/N3CCN(C)CC3)c(C)nn2-c2ccccc2)cc1. The summed E-state index contributed by atoms with van der Waals surface area (Å²) < 4.78 is 13.7. The monoisotopic (exact) mass is 419 g/mol. The van der Waals surface area contributed by atoms with E-state index < -0.39 is 0 Å². The highest BCUT2D eigenvalue weighted by Gasteiger charge is 2.19. The second-order valence-electron chi connectivity index (χ2n) is 7.56. The van der Waals surface area contributed by atoms with Crippen LogP contribution in [0.1, 0.15) is 18.2 Å². The molecule has 1 saturated heterocycles. The molecule has 1 aromatic heterocycles. The summed E-state index contributed by atoms with van der Waals surface area (Å²) in [5.74, 6) is 2.18. The van der Waals surface area contributed by atoms with E-state index in [9.17, 15) is 0 Å². The molecule has 2 heterocycles. The summed E-state index contributed by atoms with van der Waals surface area (Å²) in [4.78, 5) is 2.31. The van der Waals surface area contributed by atoms with E-state index in [1.165, 1.54) is 0 Å². The number of likely N-dealkylation sites (N-methyl/N-ethyl adjacent to an activating group) is 1. The van der Waals surface area contributed by atoms with Gasteiger partial charge < -0.3 is 14.4 Å². The van der Waals surface area contributed by atoms with Crippen molar-refractivity contribution < 1.29 is 9.47 Å². The first-order chi connectivity index (χ1) is 15.1. The third kappa shape index (κ3) is 5.06. The van der Waals surface area contributed by atoms with Crippen LogP contribution >= 0.6 is 0 Å². The molecular weight excluding hydrogens is 390 g/mol. The molecule has 4 rings (SSSR count). The van der Waals surface area contributed by atoms with E-state index >= 15 is 0 Å². The predicted molar refractivity (Wildman–Crippen MR) is 123 cm³/mol. The third-order valence-electron chi connectivity index (χ3n) is 5.24. The largest absolute Gasteiger partial charge is 0.494 e. The molecule has 0 bridgehead atoms. The average molecular weight is 420 g/mol. The third-order valence-corrected chi connectivity index (χ3v) is 5.24. The Morgan fingerprint density at radius 1 is 0.968 bits per heavy atom. The van der Waals surface area contributed by atoms with Crippen LogP contribution in [0.3, 0.4) is 0 Å². The second kappa shape index (κ2) is 9.66. The van der Waals surface area contributed by atoms with Gasteiger partial charge in [0, 0.05) is 26.2 Å². The molecule has 162 valence electrons. The summed E-state index contributed by atoms with van der Waals surface area (Å²) >= 11 is 0. The van der Waals surface area contributed by atoms with Crippen molar-refractivity contribution >= 4 is 6.21 Å². The van der Waals surface area contributed by atoms with Gasteiger partial charge in [0.2, 0.25) is 5.88 Å². The van der Waals surface area contributed by atoms with E-state index in [0.717, 1.165) is 54.6 Å². The first-order valence-electron chi connectivity index (χ1n) is 10.7. The van der Waals surface area contributed by atoms with Crippen LogP contribution in [0, 0.1) is 6.92 Å². The molecule has 1 fully saturated rings. The van der Waals surface area contributed by atoms with E-state index in [1.54, 1.807) is 0 Å². The number of hydrogen-bond donors (Lipinski definition) is 0. The zero-order valence-corrected chi connectivity index (χ0v) is 18.4. The molecular formula is C24H29N5O2. The molecule has 0 spiro atoms. The van der Waals surface area contributed by atoms with Gasteiger partial charge in [-0.25, -0.2) is 0 Å². The van der Waals surface area contributed by atoms with Crippen LogP contribution in [0.25, 0.3) is 5.69 Å². The first kappa shape index (κ1) is 20.9. The lowest BCUT2D eigenvalue weighted by Crippen LogP contribution is -2.41. The van der Waals surface area contributed by atoms with Crippen LogP contribution in [-0.2, 0) is 0 Å². The molecule has 0 unspecified atom stereocenters. The maximum Gasteiger partial charge on any atom is 0.231 e. The molecule has 0 saturated carbocycles. The van der Waals surface area contributed by atoms with Gasteiger partial charge in [-0.2, -0.15) is 14.9 Å². The normalized spacial score (nSPS) is 14.9. The number of nitrogens with zero attached hydrogens (tertiary/aromatic N) is 5. The van der Waals surface area contributed by atoms with Crippen LogP contribution in [0.15, 0.2) is 59.7 Å². The van der Waals surface area contributed by atoms with Crippen molar-refractivity contribution in [2.75, 3.05) is 39.8 Å². The van der Waals surface area contributed by atoms with Crippen molar-refractivity contribution in [3.63, 3.8) is 0 Å². The van der Waals surface area contributed by atoms with Crippen molar-refractivity contribution in [2.45, 2.75) is 13.8 Å². The topological polar surface area (TPSA) is 55.1 Å². The van der Waals surface area contributed by atoms with Gasteiger partial charge in [-0.15, -0.1) is 0 Å². The molecule has 31 heavy (non-hydrogen) atoms. The van der Waals surface area contributed by atoms with E-state index in [1.807, 2.05) is 79.3 Å². The Bertz CT molecular complexity index is 1010. The quantitative estimate of drug-likeness (QED) is 0.543. The summed E-state index contributed by atoms with van der Waals surface area (Å²) in [5.41, 5.74) is 2.67. The maximum atomic E-state index is 6.33. The van der Waals surface area contributed by atoms with Gasteiger partial charge in [0.1, 0.15) is 11.5 Å². The summed E-state index contributed by atoms with van der Waals surface area (Å²) in [6, 6.07) is 17.6. The van der Waals surface area contributed by atoms with E-state index in [0.29, 0.717) is 12.5 Å². The lowest BCUT2D eigenvalue weighted by Gasteiger charge is -2.30. The van der Waals surface area contributed by atoms with Crippen molar-refractivity contribution in [1.29, 1.82) is 0 Å².